The first kappa shape index (κ1) is 12.7. The fraction of sp³-hybridized carbons (Fsp3) is 0.333. The van der Waals surface area contributed by atoms with Gasteiger partial charge in [0, 0.05) is 36.3 Å². The highest BCUT2D eigenvalue weighted by Crippen LogP contribution is 2.25. The standard InChI is InChI=1S/C15H16N4O/c20-15(19-7-11-2-1-3-11)12-4-5-18-14(6-12)13-8-16-10-17-9-13/h4-6,8-11H,1-3,7H2,(H,19,20). The predicted octanol–water partition coefficient (Wildman–Crippen LogP) is 2.07. The van der Waals surface area contributed by atoms with Gasteiger partial charge in [0.1, 0.15) is 6.33 Å². The second-order valence-electron chi connectivity index (χ2n) is 5.06. The maximum atomic E-state index is 12.1. The lowest BCUT2D eigenvalue weighted by Gasteiger charge is -2.25. The number of nitrogens with one attached hydrogen (secondary N) is 1. The quantitative estimate of drug-likeness (QED) is 0.921. The molecule has 0 radical (unpaired) electrons. The van der Waals surface area contributed by atoms with Crippen molar-refractivity contribution in [3.8, 4) is 11.3 Å². The van der Waals surface area contributed by atoms with Crippen molar-refractivity contribution in [2.75, 3.05) is 6.54 Å². The number of carbonyl (C=O) groups is 1. The van der Waals surface area contributed by atoms with Gasteiger partial charge in [-0.2, -0.15) is 0 Å². The second-order valence-corrected chi connectivity index (χ2v) is 5.06. The minimum Gasteiger partial charge on any atom is -0.352 e. The van der Waals surface area contributed by atoms with E-state index in [4.69, 9.17) is 0 Å². The van der Waals surface area contributed by atoms with Crippen LogP contribution in [0.5, 0.6) is 0 Å². The van der Waals surface area contributed by atoms with E-state index in [1.165, 1.54) is 25.6 Å². The van der Waals surface area contributed by atoms with Crippen LogP contribution in [-0.2, 0) is 0 Å². The van der Waals surface area contributed by atoms with Crippen LogP contribution in [0.1, 0.15) is 29.6 Å². The number of pyridine rings is 1. The van der Waals surface area contributed by atoms with Gasteiger partial charge in [0.2, 0.25) is 0 Å². The molecule has 1 N–H and O–H groups in total. The Labute approximate surface area is 117 Å². The van der Waals surface area contributed by atoms with Crippen molar-refractivity contribution in [1.29, 1.82) is 0 Å². The van der Waals surface area contributed by atoms with E-state index in [0.29, 0.717) is 17.2 Å². The summed E-state index contributed by atoms with van der Waals surface area (Å²) < 4.78 is 0. The van der Waals surface area contributed by atoms with Crippen LogP contribution in [-0.4, -0.2) is 27.4 Å². The molecule has 0 saturated heterocycles. The van der Waals surface area contributed by atoms with Gasteiger partial charge in [-0.1, -0.05) is 6.42 Å². The van der Waals surface area contributed by atoms with Gasteiger partial charge in [0.05, 0.1) is 5.69 Å². The summed E-state index contributed by atoms with van der Waals surface area (Å²) in [5.74, 6) is 0.611. The van der Waals surface area contributed by atoms with Crippen LogP contribution >= 0.6 is 0 Å². The van der Waals surface area contributed by atoms with E-state index in [1.54, 1.807) is 30.7 Å². The minimum absolute atomic E-state index is 0.0441. The van der Waals surface area contributed by atoms with Crippen LogP contribution in [0.3, 0.4) is 0 Å². The highest BCUT2D eigenvalue weighted by molar-refractivity contribution is 5.95. The molecule has 1 aliphatic rings. The Morgan fingerprint density at radius 1 is 1.30 bits per heavy atom. The summed E-state index contributed by atoms with van der Waals surface area (Å²) in [4.78, 5) is 24.3. The van der Waals surface area contributed by atoms with Crippen molar-refractivity contribution in [3.05, 3.63) is 42.6 Å². The van der Waals surface area contributed by atoms with Crippen LogP contribution in [0.4, 0.5) is 0 Å². The Balaban J connectivity index is 1.71. The molecule has 20 heavy (non-hydrogen) atoms. The molecule has 1 aliphatic carbocycles. The van der Waals surface area contributed by atoms with Gasteiger partial charge in [0.25, 0.3) is 5.91 Å². The Hall–Kier alpha value is -2.30. The molecule has 0 aliphatic heterocycles. The molecule has 2 aromatic rings. The fourth-order valence-corrected chi connectivity index (χ4v) is 2.20. The van der Waals surface area contributed by atoms with E-state index in [9.17, 15) is 4.79 Å². The van der Waals surface area contributed by atoms with Crippen LogP contribution in [0.25, 0.3) is 11.3 Å². The van der Waals surface area contributed by atoms with Gasteiger partial charge < -0.3 is 5.32 Å². The maximum Gasteiger partial charge on any atom is 0.251 e. The molecule has 0 bridgehead atoms. The summed E-state index contributed by atoms with van der Waals surface area (Å²) in [6.07, 6.45) is 10.2. The topological polar surface area (TPSA) is 67.8 Å². The fourth-order valence-electron chi connectivity index (χ4n) is 2.20. The SMILES string of the molecule is O=C(NCC1CCC1)c1ccnc(-c2cncnc2)c1. The first-order valence-corrected chi connectivity index (χ1v) is 6.82. The van der Waals surface area contributed by atoms with Crippen molar-refractivity contribution in [2.24, 2.45) is 5.92 Å². The molecule has 102 valence electrons. The summed E-state index contributed by atoms with van der Waals surface area (Å²) in [5.41, 5.74) is 2.14. The monoisotopic (exact) mass is 268 g/mol. The van der Waals surface area contributed by atoms with Crippen LogP contribution < -0.4 is 5.32 Å². The Morgan fingerprint density at radius 2 is 2.10 bits per heavy atom. The molecule has 3 rings (SSSR count). The number of rotatable bonds is 4. The average molecular weight is 268 g/mol. The largest absolute Gasteiger partial charge is 0.352 e. The molecular formula is C15H16N4O. The highest BCUT2D eigenvalue weighted by atomic mass is 16.1. The molecule has 0 atom stereocenters. The molecule has 0 aromatic carbocycles. The van der Waals surface area contributed by atoms with Crippen molar-refractivity contribution in [2.45, 2.75) is 19.3 Å². The molecule has 0 unspecified atom stereocenters. The molecular weight excluding hydrogens is 252 g/mol. The van der Waals surface area contributed by atoms with Crippen LogP contribution in [0.2, 0.25) is 0 Å². The number of nitrogens with zero attached hydrogens (tertiary/aromatic N) is 3. The van der Waals surface area contributed by atoms with E-state index in [1.807, 2.05) is 0 Å². The molecule has 5 nitrogen and oxygen atoms in total. The summed E-state index contributed by atoms with van der Waals surface area (Å²) in [5, 5.41) is 2.98. The lowest BCUT2D eigenvalue weighted by molar-refractivity contribution is 0.0939. The smallest absolute Gasteiger partial charge is 0.251 e. The van der Waals surface area contributed by atoms with Crippen molar-refractivity contribution >= 4 is 5.91 Å². The summed E-state index contributed by atoms with van der Waals surface area (Å²) >= 11 is 0. The van der Waals surface area contributed by atoms with Gasteiger partial charge in [0.15, 0.2) is 0 Å². The van der Waals surface area contributed by atoms with E-state index in [2.05, 4.69) is 20.3 Å². The molecule has 0 spiro atoms. The maximum absolute atomic E-state index is 12.1. The normalized spacial score (nSPS) is 14.6. The summed E-state index contributed by atoms with van der Waals surface area (Å²) in [6.45, 7) is 0.769. The number of aromatic nitrogens is 3. The van der Waals surface area contributed by atoms with Crippen LogP contribution in [0, 0.1) is 5.92 Å². The first-order valence-electron chi connectivity index (χ1n) is 6.82. The number of hydrogen-bond acceptors (Lipinski definition) is 4. The Morgan fingerprint density at radius 3 is 2.80 bits per heavy atom. The summed E-state index contributed by atoms with van der Waals surface area (Å²) in [6, 6.07) is 3.50. The van der Waals surface area contributed by atoms with Gasteiger partial charge in [-0.3, -0.25) is 9.78 Å². The van der Waals surface area contributed by atoms with E-state index in [-0.39, 0.29) is 5.91 Å². The average Bonchev–Trinajstić information content (AvgIpc) is 2.46. The van der Waals surface area contributed by atoms with Gasteiger partial charge in [-0.25, -0.2) is 9.97 Å². The zero-order chi connectivity index (χ0) is 13.8. The minimum atomic E-state index is -0.0441. The van der Waals surface area contributed by atoms with E-state index >= 15 is 0 Å². The Bertz CT molecular complexity index is 596. The number of amides is 1. The Kier molecular flexibility index (Phi) is 3.67. The highest BCUT2D eigenvalue weighted by Gasteiger charge is 2.18. The molecule has 2 heterocycles. The molecule has 2 aromatic heterocycles. The molecule has 1 fully saturated rings. The first-order chi connectivity index (χ1) is 9.83. The third-order valence-electron chi connectivity index (χ3n) is 3.65. The van der Waals surface area contributed by atoms with Crippen LogP contribution in [0.15, 0.2) is 37.1 Å². The number of hydrogen-bond donors (Lipinski definition) is 1. The lowest BCUT2D eigenvalue weighted by atomic mass is 9.85. The zero-order valence-corrected chi connectivity index (χ0v) is 11.1. The van der Waals surface area contributed by atoms with Crippen molar-refractivity contribution in [3.63, 3.8) is 0 Å². The second kappa shape index (κ2) is 5.77. The zero-order valence-electron chi connectivity index (χ0n) is 11.1. The molecule has 1 saturated carbocycles. The van der Waals surface area contributed by atoms with Gasteiger partial charge in [-0.05, 0) is 30.9 Å². The molecule has 5 heteroatoms. The van der Waals surface area contributed by atoms with Crippen molar-refractivity contribution < 1.29 is 4.79 Å². The van der Waals surface area contributed by atoms with Gasteiger partial charge in [-0.15, -0.1) is 0 Å². The summed E-state index contributed by atoms with van der Waals surface area (Å²) in [7, 11) is 0. The van der Waals surface area contributed by atoms with Crippen molar-refractivity contribution in [1.82, 2.24) is 20.3 Å². The van der Waals surface area contributed by atoms with Gasteiger partial charge >= 0.3 is 0 Å². The van der Waals surface area contributed by atoms with E-state index in [0.717, 1.165) is 12.1 Å². The predicted molar refractivity (Wildman–Crippen MR) is 74.9 cm³/mol. The lowest BCUT2D eigenvalue weighted by Crippen LogP contribution is -2.32. The number of carbonyl (C=O) groups excluding carboxylic acids is 1. The third kappa shape index (κ3) is 2.82. The third-order valence-corrected chi connectivity index (χ3v) is 3.65. The molecule has 1 amide bonds. The van der Waals surface area contributed by atoms with E-state index < -0.39 is 0 Å².